The first kappa shape index (κ1) is 15.7. The van der Waals surface area contributed by atoms with Crippen molar-refractivity contribution in [3.63, 3.8) is 0 Å². The third-order valence-corrected chi connectivity index (χ3v) is 3.45. The van der Waals surface area contributed by atoms with Crippen molar-refractivity contribution < 1.29 is 14.6 Å². The molecule has 0 saturated carbocycles. The maximum absolute atomic E-state index is 10.6. The maximum Gasteiger partial charge on any atom is 0.323 e. The Bertz CT molecular complexity index is 460. The molecule has 116 valence electrons. The number of carboxylic acids is 1. The van der Waals surface area contributed by atoms with Crippen LogP contribution in [0.25, 0.3) is 0 Å². The Morgan fingerprint density at radius 3 is 2.71 bits per heavy atom. The third-order valence-electron chi connectivity index (χ3n) is 3.45. The molecule has 1 saturated heterocycles. The largest absolute Gasteiger partial charge is 0.480 e. The highest BCUT2D eigenvalue weighted by Crippen LogP contribution is 2.14. The number of ether oxygens (including phenoxy) is 1. The van der Waals surface area contributed by atoms with Crippen LogP contribution in [0.4, 0.5) is 5.95 Å². The minimum Gasteiger partial charge on any atom is -0.480 e. The molecule has 0 unspecified atom stereocenters. The van der Waals surface area contributed by atoms with E-state index < -0.39 is 5.97 Å². The van der Waals surface area contributed by atoms with Crippen LogP contribution in [0.2, 0.25) is 0 Å². The molecule has 21 heavy (non-hydrogen) atoms. The summed E-state index contributed by atoms with van der Waals surface area (Å²) < 4.78 is 5.38. The van der Waals surface area contributed by atoms with Crippen LogP contribution in [0, 0.1) is 5.92 Å². The van der Waals surface area contributed by atoms with Gasteiger partial charge in [0.2, 0.25) is 5.95 Å². The Morgan fingerprint density at radius 2 is 2.14 bits per heavy atom. The lowest BCUT2D eigenvalue weighted by Crippen LogP contribution is -2.27. The quantitative estimate of drug-likeness (QED) is 0.783. The van der Waals surface area contributed by atoms with E-state index in [1.165, 1.54) is 4.90 Å². The highest BCUT2D eigenvalue weighted by molar-refractivity contribution is 5.72. The van der Waals surface area contributed by atoms with Crippen molar-refractivity contribution in [1.82, 2.24) is 14.9 Å². The number of carboxylic acid groups (broad SMARTS) is 1. The van der Waals surface area contributed by atoms with Gasteiger partial charge in [-0.2, -0.15) is 0 Å². The topological polar surface area (TPSA) is 78.8 Å². The van der Waals surface area contributed by atoms with E-state index in [9.17, 15) is 4.79 Å². The number of likely N-dealkylation sites (N-methyl/N-ethyl adjacent to an activating group) is 1. The van der Waals surface area contributed by atoms with E-state index in [0.29, 0.717) is 11.9 Å². The van der Waals surface area contributed by atoms with Gasteiger partial charge in [-0.05, 0) is 19.4 Å². The van der Waals surface area contributed by atoms with Crippen LogP contribution in [0.15, 0.2) is 12.4 Å². The molecule has 1 N–H and O–H groups in total. The van der Waals surface area contributed by atoms with Crippen molar-refractivity contribution in [2.75, 3.05) is 45.3 Å². The van der Waals surface area contributed by atoms with Gasteiger partial charge in [0.05, 0.1) is 6.61 Å². The van der Waals surface area contributed by atoms with E-state index in [-0.39, 0.29) is 6.54 Å². The molecule has 0 bridgehead atoms. The molecule has 1 aliphatic heterocycles. The van der Waals surface area contributed by atoms with Crippen molar-refractivity contribution in [2.45, 2.75) is 13.0 Å². The highest BCUT2D eigenvalue weighted by Gasteiger charge is 2.17. The molecule has 7 nitrogen and oxygen atoms in total. The number of anilines is 1. The normalized spacial score (nSPS) is 18.1. The Balaban J connectivity index is 1.85. The highest BCUT2D eigenvalue weighted by atomic mass is 16.5. The lowest BCUT2D eigenvalue weighted by molar-refractivity contribution is -0.135. The summed E-state index contributed by atoms with van der Waals surface area (Å²) in [5.74, 6) is 0.133. The fourth-order valence-electron chi connectivity index (χ4n) is 2.44. The summed E-state index contributed by atoms with van der Waals surface area (Å²) in [4.78, 5) is 22.8. The van der Waals surface area contributed by atoms with Gasteiger partial charge in [0.15, 0.2) is 0 Å². The van der Waals surface area contributed by atoms with Gasteiger partial charge in [0.25, 0.3) is 0 Å². The predicted octanol–water partition coefficient (Wildman–Crippen LogP) is 0.466. The molecule has 1 fully saturated rings. The summed E-state index contributed by atoms with van der Waals surface area (Å²) in [6.45, 7) is 3.38. The fourth-order valence-corrected chi connectivity index (χ4v) is 2.44. The lowest BCUT2D eigenvalue weighted by atomic mass is 10.1. The van der Waals surface area contributed by atoms with Crippen LogP contribution >= 0.6 is 0 Å². The first-order valence-corrected chi connectivity index (χ1v) is 7.04. The molecule has 1 aliphatic rings. The number of carbonyl (C=O) groups is 1. The molecule has 7 heteroatoms. The molecule has 0 amide bonds. The maximum atomic E-state index is 10.6. The molecule has 0 aliphatic carbocycles. The van der Waals surface area contributed by atoms with Crippen LogP contribution in [0.1, 0.15) is 12.0 Å². The third kappa shape index (κ3) is 4.95. The zero-order chi connectivity index (χ0) is 15.2. The molecule has 1 aromatic heterocycles. The van der Waals surface area contributed by atoms with Gasteiger partial charge in [0, 0.05) is 44.7 Å². The van der Waals surface area contributed by atoms with Crippen molar-refractivity contribution in [3.8, 4) is 0 Å². The van der Waals surface area contributed by atoms with E-state index in [1.54, 1.807) is 19.4 Å². The first-order chi connectivity index (χ1) is 10.0. The van der Waals surface area contributed by atoms with E-state index >= 15 is 0 Å². The number of aromatic nitrogens is 2. The number of hydrogen-bond donors (Lipinski definition) is 1. The van der Waals surface area contributed by atoms with Gasteiger partial charge < -0.3 is 19.6 Å². The molecular weight excluding hydrogens is 272 g/mol. The molecule has 0 radical (unpaired) electrons. The zero-order valence-corrected chi connectivity index (χ0v) is 12.5. The van der Waals surface area contributed by atoms with E-state index in [4.69, 9.17) is 9.84 Å². The van der Waals surface area contributed by atoms with E-state index in [1.807, 2.05) is 0 Å². The average Bonchev–Trinajstić information content (AvgIpc) is 2.91. The zero-order valence-electron chi connectivity index (χ0n) is 12.5. The average molecular weight is 294 g/mol. The Hall–Kier alpha value is -1.73. The Labute approximate surface area is 124 Å². The second-order valence-corrected chi connectivity index (χ2v) is 5.57. The Morgan fingerprint density at radius 1 is 1.43 bits per heavy atom. The van der Waals surface area contributed by atoms with Crippen molar-refractivity contribution in [2.24, 2.45) is 5.92 Å². The summed E-state index contributed by atoms with van der Waals surface area (Å²) >= 11 is 0. The van der Waals surface area contributed by atoms with Crippen molar-refractivity contribution in [3.05, 3.63) is 18.0 Å². The molecule has 1 atom stereocenters. The standard InChI is InChI=1S/C14H22N4O3/c1-17(7-11-3-4-21-10-11)8-12-5-15-14(16-6-12)18(2)9-13(19)20/h5-6,11H,3-4,7-10H2,1-2H3,(H,19,20)/t11-/m0/s1. The molecule has 0 spiro atoms. The lowest BCUT2D eigenvalue weighted by Gasteiger charge is -2.20. The van der Waals surface area contributed by atoms with Gasteiger partial charge in [-0.3, -0.25) is 4.79 Å². The van der Waals surface area contributed by atoms with Crippen LogP contribution in [0.3, 0.4) is 0 Å². The van der Waals surface area contributed by atoms with Crippen LogP contribution < -0.4 is 4.90 Å². The number of aliphatic carboxylic acids is 1. The van der Waals surface area contributed by atoms with E-state index in [0.717, 1.165) is 38.3 Å². The van der Waals surface area contributed by atoms with Crippen molar-refractivity contribution >= 4 is 11.9 Å². The first-order valence-electron chi connectivity index (χ1n) is 7.04. The van der Waals surface area contributed by atoms with Gasteiger partial charge in [-0.15, -0.1) is 0 Å². The molecular formula is C14H22N4O3. The SMILES string of the molecule is CN(Cc1cnc(N(C)CC(=O)O)nc1)C[C@@H]1CCOC1. The van der Waals surface area contributed by atoms with Gasteiger partial charge in [-0.1, -0.05) is 0 Å². The summed E-state index contributed by atoms with van der Waals surface area (Å²) in [6.07, 6.45) is 4.63. The summed E-state index contributed by atoms with van der Waals surface area (Å²) in [6, 6.07) is 0. The Kier molecular flexibility index (Phi) is 5.46. The van der Waals surface area contributed by atoms with Gasteiger partial charge in [0.1, 0.15) is 6.54 Å². The summed E-state index contributed by atoms with van der Waals surface area (Å²) in [5.41, 5.74) is 1.02. The van der Waals surface area contributed by atoms with Crippen LogP contribution in [-0.4, -0.2) is 66.3 Å². The number of rotatable bonds is 7. The molecule has 2 heterocycles. The minimum absolute atomic E-state index is 0.110. The minimum atomic E-state index is -0.899. The fraction of sp³-hybridized carbons (Fsp3) is 0.643. The smallest absolute Gasteiger partial charge is 0.323 e. The van der Waals surface area contributed by atoms with Crippen molar-refractivity contribution in [1.29, 1.82) is 0 Å². The summed E-state index contributed by atoms with van der Waals surface area (Å²) in [7, 11) is 3.73. The predicted molar refractivity (Wildman–Crippen MR) is 78.2 cm³/mol. The van der Waals surface area contributed by atoms with Gasteiger partial charge >= 0.3 is 5.97 Å². The number of nitrogens with zero attached hydrogens (tertiary/aromatic N) is 4. The monoisotopic (exact) mass is 294 g/mol. The molecule has 2 rings (SSSR count). The van der Waals surface area contributed by atoms with E-state index in [2.05, 4.69) is 21.9 Å². The van der Waals surface area contributed by atoms with Crippen LogP contribution in [0.5, 0.6) is 0 Å². The van der Waals surface area contributed by atoms with Crippen LogP contribution in [-0.2, 0) is 16.1 Å². The second kappa shape index (κ2) is 7.33. The second-order valence-electron chi connectivity index (χ2n) is 5.57. The molecule has 1 aromatic rings. The van der Waals surface area contributed by atoms with Gasteiger partial charge in [-0.25, -0.2) is 9.97 Å². The summed E-state index contributed by atoms with van der Waals surface area (Å²) in [5, 5.41) is 8.74. The molecule has 0 aromatic carbocycles. The number of hydrogen-bond acceptors (Lipinski definition) is 6.